The van der Waals surface area contributed by atoms with Gasteiger partial charge in [0.2, 0.25) is 5.91 Å². The molecule has 1 aliphatic rings. The maximum absolute atomic E-state index is 11.9. The van der Waals surface area contributed by atoms with Crippen molar-refractivity contribution in [3.63, 3.8) is 0 Å². The van der Waals surface area contributed by atoms with Crippen molar-refractivity contribution in [2.24, 2.45) is 18.7 Å². The van der Waals surface area contributed by atoms with E-state index >= 15 is 0 Å². The van der Waals surface area contributed by atoms with Gasteiger partial charge in [-0.25, -0.2) is 0 Å². The van der Waals surface area contributed by atoms with Crippen molar-refractivity contribution in [2.75, 3.05) is 6.54 Å². The fourth-order valence-corrected chi connectivity index (χ4v) is 2.22. The number of nitrogens with zero attached hydrogens (tertiary/aromatic N) is 2. The van der Waals surface area contributed by atoms with Crippen molar-refractivity contribution >= 4 is 5.91 Å². The third-order valence-corrected chi connectivity index (χ3v) is 3.76. The SMILES string of the molecule is Cc1nn(C)c(C)c1CC(=O)NCC(N)C1CC1. The molecule has 0 bridgehead atoms. The molecule has 0 aromatic carbocycles. The van der Waals surface area contributed by atoms with Gasteiger partial charge in [0.05, 0.1) is 12.1 Å². The van der Waals surface area contributed by atoms with Crippen LogP contribution in [-0.4, -0.2) is 28.3 Å². The maximum Gasteiger partial charge on any atom is 0.224 e. The van der Waals surface area contributed by atoms with Gasteiger partial charge in [0.15, 0.2) is 0 Å². The zero-order chi connectivity index (χ0) is 13.3. The van der Waals surface area contributed by atoms with Crippen LogP contribution in [0.3, 0.4) is 0 Å². The predicted molar refractivity (Wildman–Crippen MR) is 70.1 cm³/mol. The Kier molecular flexibility index (Phi) is 3.71. The lowest BCUT2D eigenvalue weighted by Gasteiger charge is -2.11. The quantitative estimate of drug-likeness (QED) is 0.796. The van der Waals surface area contributed by atoms with E-state index in [1.54, 1.807) is 0 Å². The highest BCUT2D eigenvalue weighted by Crippen LogP contribution is 2.31. The second-order valence-corrected chi connectivity index (χ2v) is 5.26. The molecular formula is C13H22N4O. The summed E-state index contributed by atoms with van der Waals surface area (Å²) < 4.78 is 1.81. The van der Waals surface area contributed by atoms with Crippen LogP contribution in [0.5, 0.6) is 0 Å². The molecule has 3 N–H and O–H groups in total. The van der Waals surface area contributed by atoms with Gasteiger partial charge in [-0.1, -0.05) is 0 Å². The van der Waals surface area contributed by atoms with E-state index in [-0.39, 0.29) is 11.9 Å². The number of rotatable bonds is 5. The van der Waals surface area contributed by atoms with Gasteiger partial charge in [-0.15, -0.1) is 0 Å². The van der Waals surface area contributed by atoms with Crippen molar-refractivity contribution in [1.82, 2.24) is 15.1 Å². The van der Waals surface area contributed by atoms with Gasteiger partial charge in [0.25, 0.3) is 0 Å². The highest BCUT2D eigenvalue weighted by molar-refractivity contribution is 5.79. The van der Waals surface area contributed by atoms with Gasteiger partial charge in [-0.2, -0.15) is 5.10 Å². The number of nitrogens with one attached hydrogen (secondary N) is 1. The lowest BCUT2D eigenvalue weighted by atomic mass is 10.1. The van der Waals surface area contributed by atoms with Gasteiger partial charge in [-0.3, -0.25) is 9.48 Å². The Bertz CT molecular complexity index is 448. The van der Waals surface area contributed by atoms with Crippen LogP contribution in [0.25, 0.3) is 0 Å². The second kappa shape index (κ2) is 5.10. The van der Waals surface area contributed by atoms with Crippen molar-refractivity contribution in [3.05, 3.63) is 17.0 Å². The molecule has 1 saturated carbocycles. The van der Waals surface area contributed by atoms with Crippen LogP contribution in [0.4, 0.5) is 0 Å². The van der Waals surface area contributed by atoms with Gasteiger partial charge >= 0.3 is 0 Å². The van der Waals surface area contributed by atoms with Crippen molar-refractivity contribution < 1.29 is 4.79 Å². The molecule has 1 unspecified atom stereocenters. The largest absolute Gasteiger partial charge is 0.354 e. The molecule has 5 heteroatoms. The van der Waals surface area contributed by atoms with Crippen LogP contribution >= 0.6 is 0 Å². The van der Waals surface area contributed by atoms with Crippen molar-refractivity contribution in [3.8, 4) is 0 Å². The Labute approximate surface area is 108 Å². The van der Waals surface area contributed by atoms with E-state index in [4.69, 9.17) is 5.73 Å². The van der Waals surface area contributed by atoms with Crippen LogP contribution in [0.2, 0.25) is 0 Å². The first-order chi connectivity index (χ1) is 8.49. The highest BCUT2D eigenvalue weighted by Gasteiger charge is 2.28. The van der Waals surface area contributed by atoms with E-state index in [0.29, 0.717) is 18.9 Å². The number of nitrogens with two attached hydrogens (primary N) is 1. The van der Waals surface area contributed by atoms with Crippen LogP contribution in [0, 0.1) is 19.8 Å². The smallest absolute Gasteiger partial charge is 0.224 e. The molecule has 1 atom stereocenters. The Morgan fingerprint density at radius 1 is 1.56 bits per heavy atom. The average molecular weight is 250 g/mol. The molecule has 1 fully saturated rings. The number of aryl methyl sites for hydroxylation is 2. The van der Waals surface area contributed by atoms with Crippen LogP contribution in [-0.2, 0) is 18.3 Å². The standard InChI is InChI=1S/C13H22N4O/c1-8-11(9(2)17(3)16-8)6-13(18)15-7-12(14)10-4-5-10/h10,12H,4-7,14H2,1-3H3,(H,15,18). The maximum atomic E-state index is 11.9. The van der Waals surface area contributed by atoms with E-state index in [1.807, 2.05) is 25.6 Å². The summed E-state index contributed by atoms with van der Waals surface area (Å²) in [6, 6.07) is 0.116. The third kappa shape index (κ3) is 2.90. The molecule has 1 aromatic heterocycles. The van der Waals surface area contributed by atoms with Crippen LogP contribution in [0.1, 0.15) is 29.8 Å². The lowest BCUT2D eigenvalue weighted by molar-refractivity contribution is -0.120. The number of aromatic nitrogens is 2. The Morgan fingerprint density at radius 2 is 2.22 bits per heavy atom. The molecule has 1 heterocycles. The molecule has 2 rings (SSSR count). The highest BCUT2D eigenvalue weighted by atomic mass is 16.1. The van der Waals surface area contributed by atoms with Crippen LogP contribution in [0.15, 0.2) is 0 Å². The van der Waals surface area contributed by atoms with E-state index in [1.165, 1.54) is 12.8 Å². The minimum atomic E-state index is 0.0327. The Balaban J connectivity index is 1.86. The number of carbonyl (C=O) groups excluding carboxylic acids is 1. The monoisotopic (exact) mass is 250 g/mol. The van der Waals surface area contributed by atoms with Gasteiger partial charge in [0.1, 0.15) is 0 Å². The number of amides is 1. The minimum absolute atomic E-state index is 0.0327. The molecule has 0 spiro atoms. The normalized spacial score (nSPS) is 16.7. The fraction of sp³-hybridized carbons (Fsp3) is 0.692. The van der Waals surface area contributed by atoms with E-state index < -0.39 is 0 Å². The number of hydrogen-bond donors (Lipinski definition) is 2. The molecule has 1 aliphatic carbocycles. The minimum Gasteiger partial charge on any atom is -0.354 e. The summed E-state index contributed by atoms with van der Waals surface area (Å²) in [5.41, 5.74) is 8.95. The van der Waals surface area contributed by atoms with Crippen molar-refractivity contribution in [1.29, 1.82) is 0 Å². The lowest BCUT2D eigenvalue weighted by Crippen LogP contribution is -2.39. The van der Waals surface area contributed by atoms with Gasteiger partial charge in [0, 0.05) is 30.9 Å². The summed E-state index contributed by atoms with van der Waals surface area (Å²) in [5.74, 6) is 0.650. The first kappa shape index (κ1) is 13.1. The van der Waals surface area contributed by atoms with E-state index in [0.717, 1.165) is 17.0 Å². The topological polar surface area (TPSA) is 72.9 Å². The summed E-state index contributed by atoms with van der Waals surface area (Å²) in [5, 5.41) is 7.22. The second-order valence-electron chi connectivity index (χ2n) is 5.26. The average Bonchev–Trinajstić information content (AvgIpc) is 3.12. The Morgan fingerprint density at radius 3 is 2.72 bits per heavy atom. The molecular weight excluding hydrogens is 228 g/mol. The van der Waals surface area contributed by atoms with E-state index in [9.17, 15) is 4.79 Å². The zero-order valence-corrected chi connectivity index (χ0v) is 11.4. The third-order valence-electron chi connectivity index (χ3n) is 3.76. The molecule has 100 valence electrons. The molecule has 5 nitrogen and oxygen atoms in total. The summed E-state index contributed by atoms with van der Waals surface area (Å²) in [7, 11) is 1.90. The molecule has 18 heavy (non-hydrogen) atoms. The van der Waals surface area contributed by atoms with Gasteiger partial charge < -0.3 is 11.1 Å². The van der Waals surface area contributed by atoms with Crippen molar-refractivity contribution in [2.45, 2.75) is 39.2 Å². The summed E-state index contributed by atoms with van der Waals surface area (Å²) in [4.78, 5) is 11.9. The zero-order valence-electron chi connectivity index (χ0n) is 11.4. The number of hydrogen-bond acceptors (Lipinski definition) is 3. The molecule has 1 amide bonds. The summed E-state index contributed by atoms with van der Waals surface area (Å²) >= 11 is 0. The molecule has 0 radical (unpaired) electrons. The molecule has 0 aliphatic heterocycles. The summed E-state index contributed by atoms with van der Waals surface area (Å²) in [6.45, 7) is 4.51. The predicted octanol–water partition coefficient (Wildman–Crippen LogP) is 0.433. The molecule has 0 saturated heterocycles. The Hall–Kier alpha value is -1.36. The van der Waals surface area contributed by atoms with E-state index in [2.05, 4.69) is 10.4 Å². The first-order valence-electron chi connectivity index (χ1n) is 6.50. The first-order valence-corrected chi connectivity index (χ1v) is 6.50. The number of carbonyl (C=O) groups is 1. The van der Waals surface area contributed by atoms with Gasteiger partial charge in [-0.05, 0) is 32.6 Å². The van der Waals surface area contributed by atoms with Crippen LogP contribution < -0.4 is 11.1 Å². The molecule has 1 aromatic rings. The summed E-state index contributed by atoms with van der Waals surface area (Å²) in [6.07, 6.45) is 2.80. The fourth-order valence-electron chi connectivity index (χ4n) is 2.22.